The molecule has 0 atom stereocenters. The fourth-order valence-corrected chi connectivity index (χ4v) is 4.91. The number of ether oxygens (including phenoxy) is 1. The molecule has 4 rings (SSSR count). The van der Waals surface area contributed by atoms with Gasteiger partial charge in [-0.3, -0.25) is 4.98 Å². The van der Waals surface area contributed by atoms with Crippen molar-refractivity contribution in [3.63, 3.8) is 0 Å². The van der Waals surface area contributed by atoms with Gasteiger partial charge in [0.1, 0.15) is 5.75 Å². The largest absolute Gasteiger partial charge is 0.497 e. The molecule has 0 aliphatic heterocycles. The summed E-state index contributed by atoms with van der Waals surface area (Å²) >= 11 is 0. The number of anilines is 1. The fraction of sp³-hybridized carbons (Fsp3) is 0.0769. The quantitative estimate of drug-likeness (QED) is 0.397. The first kappa shape index (κ1) is 23.0. The molecule has 1 aromatic heterocycles. The molecule has 34 heavy (non-hydrogen) atoms. The van der Waals surface area contributed by atoms with Crippen LogP contribution < -0.4 is 15.4 Å². The average molecular weight is 474 g/mol. The topological polar surface area (TPSA) is 97.4 Å². The Kier molecular flexibility index (Phi) is 6.89. The molecule has 0 aliphatic carbocycles. The molecular weight excluding hydrogens is 450 g/mol. The third-order valence-corrected chi connectivity index (χ3v) is 7.01. The zero-order chi connectivity index (χ0) is 24.0. The number of hydrogen-bond donors (Lipinski definition) is 2. The molecule has 1 heterocycles. The van der Waals surface area contributed by atoms with Crippen molar-refractivity contribution in [2.45, 2.75) is 16.3 Å². The molecule has 2 amide bonds. The number of aromatic nitrogens is 1. The number of rotatable bonds is 7. The molecule has 0 radical (unpaired) electrons. The molecule has 2 N–H and O–H groups in total. The van der Waals surface area contributed by atoms with Gasteiger partial charge < -0.3 is 15.4 Å². The van der Waals surface area contributed by atoms with Gasteiger partial charge in [-0.2, -0.15) is 0 Å². The van der Waals surface area contributed by atoms with Crippen LogP contribution in [0.15, 0.2) is 107 Å². The third kappa shape index (κ3) is 5.24. The number of benzene rings is 3. The van der Waals surface area contributed by atoms with Crippen LogP contribution in [-0.2, 0) is 16.4 Å². The second-order valence-electron chi connectivity index (χ2n) is 7.42. The lowest BCUT2D eigenvalue weighted by atomic mass is 10.1. The fourth-order valence-electron chi connectivity index (χ4n) is 3.43. The molecule has 0 saturated carbocycles. The Labute approximate surface area is 198 Å². The second kappa shape index (κ2) is 10.2. The summed E-state index contributed by atoms with van der Waals surface area (Å²) in [4.78, 5) is 16.4. The van der Waals surface area contributed by atoms with Crippen LogP contribution in [0.2, 0.25) is 0 Å². The minimum Gasteiger partial charge on any atom is -0.497 e. The van der Waals surface area contributed by atoms with Gasteiger partial charge in [0.15, 0.2) is 0 Å². The van der Waals surface area contributed by atoms with E-state index >= 15 is 0 Å². The number of urea groups is 1. The molecular formula is C26H23N3O4S. The average Bonchev–Trinajstić information content (AvgIpc) is 2.88. The second-order valence-corrected chi connectivity index (χ2v) is 9.34. The van der Waals surface area contributed by atoms with Gasteiger partial charge in [0.05, 0.1) is 16.9 Å². The molecule has 0 unspecified atom stereocenters. The Balaban J connectivity index is 1.52. The summed E-state index contributed by atoms with van der Waals surface area (Å²) in [5.41, 5.74) is 2.72. The summed E-state index contributed by atoms with van der Waals surface area (Å²) in [6.07, 6.45) is 3.31. The van der Waals surface area contributed by atoms with Gasteiger partial charge >= 0.3 is 6.03 Å². The van der Waals surface area contributed by atoms with Crippen LogP contribution in [0.3, 0.4) is 0 Å². The minimum absolute atomic E-state index is 0.130. The number of nitrogens with zero attached hydrogens (tertiary/aromatic N) is 1. The van der Waals surface area contributed by atoms with E-state index in [-0.39, 0.29) is 9.79 Å². The number of nitrogens with one attached hydrogen (secondary N) is 2. The van der Waals surface area contributed by atoms with Crippen molar-refractivity contribution >= 4 is 21.6 Å². The highest BCUT2D eigenvalue weighted by Crippen LogP contribution is 2.33. The number of sulfone groups is 1. The monoisotopic (exact) mass is 473 g/mol. The van der Waals surface area contributed by atoms with Gasteiger partial charge in [-0.05, 0) is 65.7 Å². The number of carbonyl (C=O) groups excluding carboxylic acids is 1. The summed E-state index contributed by atoms with van der Waals surface area (Å²) in [6, 6.07) is 23.4. The van der Waals surface area contributed by atoms with Crippen molar-refractivity contribution < 1.29 is 17.9 Å². The maximum Gasteiger partial charge on any atom is 0.319 e. The lowest BCUT2D eigenvalue weighted by Gasteiger charge is -2.13. The Morgan fingerprint density at radius 2 is 1.65 bits per heavy atom. The van der Waals surface area contributed by atoms with E-state index in [2.05, 4.69) is 15.6 Å². The molecule has 8 heteroatoms. The molecule has 3 aromatic carbocycles. The van der Waals surface area contributed by atoms with E-state index in [1.165, 1.54) is 12.1 Å². The van der Waals surface area contributed by atoms with Gasteiger partial charge in [0.2, 0.25) is 9.84 Å². The standard InChI is InChI=1S/C26H23N3O4S/c1-33-22-6-4-5-20(17-22)24-7-2-3-8-25(24)34(31,32)23-11-9-21(10-12-23)29-26(30)28-18-19-13-15-27-16-14-19/h2-17H,18H2,1H3,(H2,28,29,30). The zero-order valence-electron chi connectivity index (χ0n) is 18.4. The molecule has 0 bridgehead atoms. The van der Waals surface area contributed by atoms with Crippen LogP contribution >= 0.6 is 0 Å². The van der Waals surface area contributed by atoms with Gasteiger partial charge in [-0.15, -0.1) is 0 Å². The maximum absolute atomic E-state index is 13.4. The maximum atomic E-state index is 13.4. The summed E-state index contributed by atoms with van der Waals surface area (Å²) in [5.74, 6) is 0.641. The van der Waals surface area contributed by atoms with Gasteiger partial charge in [-0.25, -0.2) is 13.2 Å². The van der Waals surface area contributed by atoms with E-state index in [9.17, 15) is 13.2 Å². The highest BCUT2D eigenvalue weighted by molar-refractivity contribution is 7.91. The molecule has 0 fully saturated rings. The predicted octanol–water partition coefficient (Wildman–Crippen LogP) is 4.91. The van der Waals surface area contributed by atoms with Crippen molar-refractivity contribution in [1.29, 1.82) is 0 Å². The SMILES string of the molecule is COc1cccc(-c2ccccc2S(=O)(=O)c2ccc(NC(=O)NCc3ccncc3)cc2)c1. The van der Waals surface area contributed by atoms with E-state index in [4.69, 9.17) is 4.74 Å². The van der Waals surface area contributed by atoms with E-state index in [0.717, 1.165) is 11.1 Å². The third-order valence-electron chi connectivity index (χ3n) is 5.18. The van der Waals surface area contributed by atoms with E-state index in [1.54, 1.807) is 68.0 Å². The number of methoxy groups -OCH3 is 1. The van der Waals surface area contributed by atoms with Crippen LogP contribution in [0.1, 0.15) is 5.56 Å². The minimum atomic E-state index is -3.80. The van der Waals surface area contributed by atoms with E-state index in [1.807, 2.05) is 24.3 Å². The van der Waals surface area contributed by atoms with Crippen LogP contribution in [0.25, 0.3) is 11.1 Å². The van der Waals surface area contributed by atoms with Gasteiger partial charge in [-0.1, -0.05) is 30.3 Å². The lowest BCUT2D eigenvalue weighted by molar-refractivity contribution is 0.251. The summed E-state index contributed by atoms with van der Waals surface area (Å²) in [5, 5.41) is 5.45. The van der Waals surface area contributed by atoms with Crippen molar-refractivity contribution in [3.05, 3.63) is 103 Å². The normalized spacial score (nSPS) is 11.0. The first-order chi connectivity index (χ1) is 16.5. The number of pyridine rings is 1. The lowest BCUT2D eigenvalue weighted by Crippen LogP contribution is -2.28. The predicted molar refractivity (Wildman–Crippen MR) is 130 cm³/mol. The number of amides is 2. The highest BCUT2D eigenvalue weighted by atomic mass is 32.2. The van der Waals surface area contributed by atoms with Crippen molar-refractivity contribution in [2.24, 2.45) is 0 Å². The molecule has 7 nitrogen and oxygen atoms in total. The van der Waals surface area contributed by atoms with E-state index in [0.29, 0.717) is 23.5 Å². The summed E-state index contributed by atoms with van der Waals surface area (Å²) in [7, 11) is -2.24. The zero-order valence-corrected chi connectivity index (χ0v) is 19.2. The van der Waals surface area contributed by atoms with Gasteiger partial charge in [0, 0.05) is 30.2 Å². The Morgan fingerprint density at radius 1 is 0.912 bits per heavy atom. The van der Waals surface area contributed by atoms with E-state index < -0.39 is 15.9 Å². The van der Waals surface area contributed by atoms with Crippen LogP contribution in [0, 0.1) is 0 Å². The molecule has 0 saturated heterocycles. The van der Waals surface area contributed by atoms with Crippen molar-refractivity contribution in [3.8, 4) is 16.9 Å². The smallest absolute Gasteiger partial charge is 0.319 e. The molecule has 0 spiro atoms. The van der Waals surface area contributed by atoms with Crippen molar-refractivity contribution in [1.82, 2.24) is 10.3 Å². The number of hydrogen-bond acceptors (Lipinski definition) is 5. The molecule has 172 valence electrons. The van der Waals surface area contributed by atoms with Crippen LogP contribution in [0.5, 0.6) is 5.75 Å². The molecule has 4 aromatic rings. The Hall–Kier alpha value is -4.17. The first-order valence-corrected chi connectivity index (χ1v) is 12.0. The first-order valence-electron chi connectivity index (χ1n) is 10.5. The van der Waals surface area contributed by atoms with Crippen LogP contribution in [-0.4, -0.2) is 26.5 Å². The molecule has 0 aliphatic rings. The Morgan fingerprint density at radius 3 is 2.38 bits per heavy atom. The van der Waals surface area contributed by atoms with Crippen molar-refractivity contribution in [2.75, 3.05) is 12.4 Å². The summed E-state index contributed by atoms with van der Waals surface area (Å²) in [6.45, 7) is 0.349. The number of carbonyl (C=O) groups is 1. The van der Waals surface area contributed by atoms with Gasteiger partial charge in [0.25, 0.3) is 0 Å². The summed E-state index contributed by atoms with van der Waals surface area (Å²) < 4.78 is 32.2. The Bertz CT molecular complexity index is 1390. The highest BCUT2D eigenvalue weighted by Gasteiger charge is 2.22. The van der Waals surface area contributed by atoms with Crippen LogP contribution in [0.4, 0.5) is 10.5 Å².